The number of aryl methyl sites for hydroxylation is 1. The van der Waals surface area contributed by atoms with Gasteiger partial charge in [0.25, 0.3) is 0 Å². The molecule has 0 fully saturated rings. The van der Waals surface area contributed by atoms with Crippen molar-refractivity contribution in [2.45, 2.75) is 26.0 Å². The van der Waals surface area contributed by atoms with Gasteiger partial charge in [0, 0.05) is 11.6 Å². The number of halogens is 1. The summed E-state index contributed by atoms with van der Waals surface area (Å²) < 4.78 is 19.4. The highest BCUT2D eigenvalue weighted by atomic mass is 32.1. The maximum Gasteiger partial charge on any atom is 0.165 e. The molecular weight excluding hydrogens is 249 g/mol. The molecule has 2 rings (SSSR count). The number of hydrogen-bond donors (Lipinski definition) is 1. The van der Waals surface area contributed by atoms with Crippen LogP contribution in [0.1, 0.15) is 24.2 Å². The Labute approximate surface area is 110 Å². The Hall–Kier alpha value is -1.39. The van der Waals surface area contributed by atoms with Gasteiger partial charge in [0.15, 0.2) is 11.6 Å². The van der Waals surface area contributed by atoms with Crippen molar-refractivity contribution in [1.29, 1.82) is 0 Å². The van der Waals surface area contributed by atoms with Crippen molar-refractivity contribution >= 4 is 11.3 Å². The first-order chi connectivity index (χ1) is 8.58. The molecule has 0 aliphatic carbocycles. The minimum atomic E-state index is -0.360. The predicted molar refractivity (Wildman–Crippen MR) is 72.5 cm³/mol. The van der Waals surface area contributed by atoms with Gasteiger partial charge in [-0.25, -0.2) is 4.39 Å². The van der Waals surface area contributed by atoms with Gasteiger partial charge in [-0.15, -0.1) is 0 Å². The average Bonchev–Trinajstić information content (AvgIpc) is 2.83. The zero-order valence-corrected chi connectivity index (χ0v) is 11.2. The van der Waals surface area contributed by atoms with Gasteiger partial charge in [0.05, 0.1) is 0 Å². The van der Waals surface area contributed by atoms with E-state index in [1.165, 1.54) is 6.07 Å². The van der Waals surface area contributed by atoms with Crippen LogP contribution < -0.4 is 10.5 Å². The van der Waals surface area contributed by atoms with Gasteiger partial charge in [0.1, 0.15) is 6.10 Å². The van der Waals surface area contributed by atoms with E-state index in [1.54, 1.807) is 23.5 Å². The summed E-state index contributed by atoms with van der Waals surface area (Å²) in [5.41, 5.74) is 7.86. The summed E-state index contributed by atoms with van der Waals surface area (Å²) in [4.78, 5) is 0. The van der Waals surface area contributed by atoms with Crippen LogP contribution in [-0.4, -0.2) is 6.04 Å². The fraction of sp³-hybridized carbons (Fsp3) is 0.286. The molecule has 2 atom stereocenters. The molecule has 96 valence electrons. The van der Waals surface area contributed by atoms with E-state index in [-0.39, 0.29) is 23.7 Å². The Morgan fingerprint density at radius 2 is 2.11 bits per heavy atom. The fourth-order valence-corrected chi connectivity index (χ4v) is 2.44. The first-order valence-corrected chi connectivity index (χ1v) is 6.72. The number of benzene rings is 1. The zero-order valence-electron chi connectivity index (χ0n) is 10.4. The number of hydrogen-bond acceptors (Lipinski definition) is 3. The Balaban J connectivity index is 2.27. The van der Waals surface area contributed by atoms with Crippen molar-refractivity contribution in [3.05, 3.63) is 52.0 Å². The fourth-order valence-electron chi connectivity index (χ4n) is 1.75. The first kappa shape index (κ1) is 13.1. The van der Waals surface area contributed by atoms with Gasteiger partial charge in [-0.3, -0.25) is 0 Å². The molecule has 2 aromatic rings. The van der Waals surface area contributed by atoms with Crippen molar-refractivity contribution in [2.24, 2.45) is 5.73 Å². The molecule has 0 radical (unpaired) electrons. The number of thiophene rings is 1. The van der Waals surface area contributed by atoms with Gasteiger partial charge in [-0.05, 0) is 48.4 Å². The summed E-state index contributed by atoms with van der Waals surface area (Å²) in [6.45, 7) is 3.76. The molecule has 0 aliphatic heterocycles. The third-order valence-corrected chi connectivity index (χ3v) is 3.39. The van der Waals surface area contributed by atoms with Crippen LogP contribution >= 0.6 is 11.3 Å². The summed E-state index contributed by atoms with van der Waals surface area (Å²) in [6.07, 6.45) is -0.326. The molecule has 18 heavy (non-hydrogen) atoms. The standard InChI is InChI=1S/C14H16FNOS/c1-9-3-4-12(15)13(7-9)17-14(10(2)16)11-5-6-18-8-11/h3-8,10,14H,16H2,1-2H3. The molecule has 0 saturated heterocycles. The second-order valence-corrected chi connectivity index (χ2v) is 5.17. The third kappa shape index (κ3) is 2.89. The molecule has 0 saturated carbocycles. The Morgan fingerprint density at radius 1 is 1.33 bits per heavy atom. The van der Waals surface area contributed by atoms with Crippen molar-refractivity contribution in [3.63, 3.8) is 0 Å². The van der Waals surface area contributed by atoms with E-state index < -0.39 is 0 Å². The molecule has 0 amide bonds. The Bertz CT molecular complexity index is 511. The molecule has 2 nitrogen and oxygen atoms in total. The molecule has 1 aromatic heterocycles. The van der Waals surface area contributed by atoms with E-state index in [0.29, 0.717) is 0 Å². The van der Waals surface area contributed by atoms with E-state index in [4.69, 9.17) is 10.5 Å². The minimum absolute atomic E-state index is 0.209. The molecule has 1 heterocycles. The predicted octanol–water partition coefficient (Wildman–Crippen LogP) is 3.66. The summed E-state index contributed by atoms with van der Waals surface area (Å²) in [7, 11) is 0. The van der Waals surface area contributed by atoms with E-state index in [0.717, 1.165) is 11.1 Å². The Morgan fingerprint density at radius 3 is 2.72 bits per heavy atom. The van der Waals surface area contributed by atoms with Gasteiger partial charge in [-0.1, -0.05) is 6.07 Å². The van der Waals surface area contributed by atoms with Crippen LogP contribution in [0, 0.1) is 12.7 Å². The van der Waals surface area contributed by atoms with Gasteiger partial charge in [-0.2, -0.15) is 11.3 Å². The molecule has 1 aromatic carbocycles. The molecule has 2 N–H and O–H groups in total. The topological polar surface area (TPSA) is 35.2 Å². The summed E-state index contributed by atoms with van der Waals surface area (Å²) in [5.74, 6) is -0.107. The summed E-state index contributed by atoms with van der Waals surface area (Å²) in [6, 6.07) is 6.56. The van der Waals surface area contributed by atoms with Crippen molar-refractivity contribution in [3.8, 4) is 5.75 Å². The number of nitrogens with two attached hydrogens (primary N) is 1. The highest BCUT2D eigenvalue weighted by molar-refractivity contribution is 7.07. The van der Waals surface area contributed by atoms with Crippen molar-refractivity contribution < 1.29 is 9.13 Å². The SMILES string of the molecule is Cc1ccc(F)c(OC(c2ccsc2)C(C)N)c1. The molecule has 0 bridgehead atoms. The minimum Gasteiger partial charge on any atom is -0.481 e. The van der Waals surface area contributed by atoms with Crippen molar-refractivity contribution in [2.75, 3.05) is 0 Å². The molecular formula is C14H16FNOS. The van der Waals surface area contributed by atoms with Gasteiger partial charge >= 0.3 is 0 Å². The maximum absolute atomic E-state index is 13.7. The second kappa shape index (κ2) is 5.50. The first-order valence-electron chi connectivity index (χ1n) is 5.78. The quantitative estimate of drug-likeness (QED) is 0.915. The van der Waals surface area contributed by atoms with E-state index in [2.05, 4.69) is 0 Å². The molecule has 4 heteroatoms. The lowest BCUT2D eigenvalue weighted by Gasteiger charge is -2.22. The normalized spacial score (nSPS) is 14.2. The van der Waals surface area contributed by atoms with Crippen LogP contribution in [0.4, 0.5) is 4.39 Å². The van der Waals surface area contributed by atoms with Crippen LogP contribution in [0.15, 0.2) is 35.0 Å². The van der Waals surface area contributed by atoms with Gasteiger partial charge < -0.3 is 10.5 Å². The molecule has 0 aliphatic rings. The van der Waals surface area contributed by atoms with E-state index >= 15 is 0 Å². The summed E-state index contributed by atoms with van der Waals surface area (Å²) in [5, 5.41) is 3.93. The van der Waals surface area contributed by atoms with Gasteiger partial charge in [0.2, 0.25) is 0 Å². The van der Waals surface area contributed by atoms with Crippen LogP contribution in [0.3, 0.4) is 0 Å². The second-order valence-electron chi connectivity index (χ2n) is 4.39. The zero-order chi connectivity index (χ0) is 13.1. The smallest absolute Gasteiger partial charge is 0.165 e. The molecule has 2 unspecified atom stereocenters. The van der Waals surface area contributed by atoms with Crippen LogP contribution in [0.5, 0.6) is 5.75 Å². The monoisotopic (exact) mass is 265 g/mol. The van der Waals surface area contributed by atoms with Crippen LogP contribution in [0.25, 0.3) is 0 Å². The van der Waals surface area contributed by atoms with E-state index in [9.17, 15) is 4.39 Å². The summed E-state index contributed by atoms with van der Waals surface area (Å²) >= 11 is 1.57. The van der Waals surface area contributed by atoms with Crippen molar-refractivity contribution in [1.82, 2.24) is 0 Å². The van der Waals surface area contributed by atoms with Crippen LogP contribution in [-0.2, 0) is 0 Å². The maximum atomic E-state index is 13.7. The lowest BCUT2D eigenvalue weighted by molar-refractivity contribution is 0.173. The number of rotatable bonds is 4. The van der Waals surface area contributed by atoms with E-state index in [1.807, 2.05) is 30.7 Å². The van der Waals surface area contributed by atoms with Crippen LogP contribution in [0.2, 0.25) is 0 Å². The lowest BCUT2D eigenvalue weighted by Crippen LogP contribution is -2.28. The highest BCUT2D eigenvalue weighted by Crippen LogP contribution is 2.28. The number of ether oxygens (including phenoxy) is 1. The third-order valence-electron chi connectivity index (χ3n) is 2.69. The average molecular weight is 265 g/mol. The Kier molecular flexibility index (Phi) is 3.99. The largest absolute Gasteiger partial charge is 0.481 e. The lowest BCUT2D eigenvalue weighted by atomic mass is 10.1. The highest BCUT2D eigenvalue weighted by Gasteiger charge is 2.20. The molecule has 0 spiro atoms.